The van der Waals surface area contributed by atoms with Crippen molar-refractivity contribution in [1.29, 1.82) is 0 Å². The average Bonchev–Trinajstić information content (AvgIpc) is 2.47. The second kappa shape index (κ2) is 2.74. The second-order valence-electron chi connectivity index (χ2n) is 3.09. The minimum absolute atomic E-state index is 0.288. The molecule has 0 spiro atoms. The van der Waals surface area contributed by atoms with E-state index in [0.717, 1.165) is 24.2 Å². The number of hydrogen-bond donors (Lipinski definition) is 2. The van der Waals surface area contributed by atoms with Crippen molar-refractivity contribution in [2.75, 3.05) is 11.6 Å². The van der Waals surface area contributed by atoms with Crippen LogP contribution >= 0.6 is 0 Å². The van der Waals surface area contributed by atoms with Crippen LogP contribution < -0.4 is 10.9 Å². The molecule has 0 radical (unpaired) electrons. The van der Waals surface area contributed by atoms with Gasteiger partial charge in [-0.05, 0) is 24.1 Å². The zero-order valence-corrected chi connectivity index (χ0v) is 7.03. The lowest BCUT2D eigenvalue weighted by Crippen LogP contribution is -2.28. The van der Waals surface area contributed by atoms with Gasteiger partial charge in [0.15, 0.2) is 0 Å². The Kier molecular flexibility index (Phi) is 1.70. The largest absolute Gasteiger partial charge is 0.478 e. The van der Waals surface area contributed by atoms with Crippen molar-refractivity contribution in [3.05, 3.63) is 29.3 Å². The number of benzene rings is 1. The number of anilines is 1. The number of rotatable bonds is 1. The van der Waals surface area contributed by atoms with Crippen molar-refractivity contribution in [3.8, 4) is 0 Å². The normalized spacial score (nSPS) is 14.4. The predicted molar refractivity (Wildman–Crippen MR) is 48.6 cm³/mol. The molecule has 4 nitrogen and oxygen atoms in total. The molecule has 0 fully saturated rings. The zero-order valence-electron chi connectivity index (χ0n) is 7.03. The minimum Gasteiger partial charge on any atom is -0.478 e. The number of nitrogens with zero attached hydrogens (tertiary/aromatic N) is 1. The van der Waals surface area contributed by atoms with Crippen LogP contribution in [0.3, 0.4) is 0 Å². The molecule has 1 aromatic rings. The first-order chi connectivity index (χ1) is 6.18. The number of carboxylic acid groups (broad SMARTS) is 1. The molecule has 0 atom stereocenters. The molecule has 1 aromatic carbocycles. The molecule has 2 rings (SSSR count). The lowest BCUT2D eigenvalue weighted by molar-refractivity contribution is 0.0697. The quantitative estimate of drug-likeness (QED) is 0.619. The minimum atomic E-state index is -0.914. The Balaban J connectivity index is 2.47. The van der Waals surface area contributed by atoms with Crippen molar-refractivity contribution >= 4 is 11.7 Å². The lowest BCUT2D eigenvalue weighted by atomic mass is 10.1. The van der Waals surface area contributed by atoms with Crippen molar-refractivity contribution < 1.29 is 9.90 Å². The molecule has 68 valence electrons. The number of aromatic carboxylic acids is 1. The Labute approximate surface area is 75.5 Å². The summed E-state index contributed by atoms with van der Waals surface area (Å²) in [7, 11) is 0. The van der Waals surface area contributed by atoms with Gasteiger partial charge in [-0.25, -0.2) is 10.6 Å². The Morgan fingerprint density at radius 2 is 2.31 bits per heavy atom. The van der Waals surface area contributed by atoms with Crippen LogP contribution in [0.2, 0.25) is 0 Å². The molecule has 0 aromatic heterocycles. The number of hydrazine groups is 1. The smallest absolute Gasteiger partial charge is 0.335 e. The van der Waals surface area contributed by atoms with Gasteiger partial charge < -0.3 is 10.1 Å². The van der Waals surface area contributed by atoms with Gasteiger partial charge in [0, 0.05) is 6.54 Å². The van der Waals surface area contributed by atoms with Gasteiger partial charge in [-0.3, -0.25) is 0 Å². The molecule has 1 aliphatic rings. The highest BCUT2D eigenvalue weighted by molar-refractivity contribution is 5.89. The zero-order chi connectivity index (χ0) is 9.42. The monoisotopic (exact) mass is 178 g/mol. The first kappa shape index (κ1) is 8.07. The Bertz CT molecular complexity index is 363. The Morgan fingerprint density at radius 3 is 3.00 bits per heavy atom. The van der Waals surface area contributed by atoms with E-state index in [1.165, 1.54) is 0 Å². The fourth-order valence-corrected chi connectivity index (χ4v) is 1.54. The van der Waals surface area contributed by atoms with E-state index in [1.54, 1.807) is 17.1 Å². The third kappa shape index (κ3) is 1.25. The lowest BCUT2D eigenvalue weighted by Gasteiger charge is -2.11. The van der Waals surface area contributed by atoms with Gasteiger partial charge in [0.05, 0.1) is 11.3 Å². The highest BCUT2D eigenvalue weighted by Gasteiger charge is 2.17. The summed E-state index contributed by atoms with van der Waals surface area (Å²) in [6.07, 6.45) is 0.895. The molecule has 0 unspecified atom stereocenters. The van der Waals surface area contributed by atoms with Crippen molar-refractivity contribution in [3.63, 3.8) is 0 Å². The van der Waals surface area contributed by atoms with Gasteiger partial charge >= 0.3 is 5.97 Å². The van der Waals surface area contributed by atoms with E-state index in [0.29, 0.717) is 0 Å². The van der Waals surface area contributed by atoms with Gasteiger partial charge in [-0.15, -0.1) is 0 Å². The van der Waals surface area contributed by atoms with Crippen LogP contribution in [0.4, 0.5) is 5.69 Å². The fraction of sp³-hybridized carbons (Fsp3) is 0.222. The SMILES string of the molecule is NN1CCc2ccc(C(=O)O)cc21. The van der Waals surface area contributed by atoms with Gasteiger partial charge in [-0.2, -0.15) is 0 Å². The van der Waals surface area contributed by atoms with Crippen LogP contribution in [-0.2, 0) is 6.42 Å². The number of carbonyl (C=O) groups is 1. The highest BCUT2D eigenvalue weighted by Crippen LogP contribution is 2.26. The summed E-state index contributed by atoms with van der Waals surface area (Å²) in [6, 6.07) is 5.05. The summed E-state index contributed by atoms with van der Waals surface area (Å²) < 4.78 is 0. The number of fused-ring (bicyclic) bond motifs is 1. The first-order valence-electron chi connectivity index (χ1n) is 4.07. The fourth-order valence-electron chi connectivity index (χ4n) is 1.54. The maximum atomic E-state index is 10.6. The number of carboxylic acids is 1. The van der Waals surface area contributed by atoms with Crippen LogP contribution in [0.15, 0.2) is 18.2 Å². The van der Waals surface area contributed by atoms with Gasteiger partial charge in [0.2, 0.25) is 0 Å². The molecule has 0 aliphatic carbocycles. The van der Waals surface area contributed by atoms with E-state index in [1.807, 2.05) is 6.07 Å². The second-order valence-corrected chi connectivity index (χ2v) is 3.09. The maximum absolute atomic E-state index is 10.6. The predicted octanol–water partition coefficient (Wildman–Crippen LogP) is 0.621. The van der Waals surface area contributed by atoms with Crippen molar-refractivity contribution in [2.45, 2.75) is 6.42 Å². The number of nitrogens with two attached hydrogens (primary N) is 1. The molecule has 0 bridgehead atoms. The van der Waals surface area contributed by atoms with Crippen LogP contribution in [0.1, 0.15) is 15.9 Å². The van der Waals surface area contributed by atoms with Crippen LogP contribution in [0.25, 0.3) is 0 Å². The topological polar surface area (TPSA) is 66.6 Å². The molecule has 0 saturated heterocycles. The summed E-state index contributed by atoms with van der Waals surface area (Å²) in [6.45, 7) is 0.762. The molecule has 3 N–H and O–H groups in total. The third-order valence-electron chi connectivity index (χ3n) is 2.26. The highest BCUT2D eigenvalue weighted by atomic mass is 16.4. The molecule has 4 heteroatoms. The average molecular weight is 178 g/mol. The summed E-state index contributed by atoms with van der Waals surface area (Å²) in [5.41, 5.74) is 2.24. The number of hydrogen-bond acceptors (Lipinski definition) is 3. The van der Waals surface area contributed by atoms with Crippen molar-refractivity contribution in [2.24, 2.45) is 5.84 Å². The Morgan fingerprint density at radius 1 is 1.54 bits per heavy atom. The van der Waals surface area contributed by atoms with E-state index in [9.17, 15) is 4.79 Å². The van der Waals surface area contributed by atoms with Gasteiger partial charge in [-0.1, -0.05) is 6.07 Å². The van der Waals surface area contributed by atoms with Gasteiger partial charge in [0.25, 0.3) is 0 Å². The van der Waals surface area contributed by atoms with Gasteiger partial charge in [0.1, 0.15) is 0 Å². The molecular formula is C9H10N2O2. The molecule has 0 amide bonds. The summed E-state index contributed by atoms with van der Waals surface area (Å²) in [4.78, 5) is 10.6. The van der Waals surface area contributed by atoms with Crippen LogP contribution in [0, 0.1) is 0 Å². The summed E-state index contributed by atoms with van der Waals surface area (Å²) >= 11 is 0. The van der Waals surface area contributed by atoms with E-state index in [2.05, 4.69) is 0 Å². The van der Waals surface area contributed by atoms with E-state index in [-0.39, 0.29) is 5.56 Å². The summed E-state index contributed by atoms with van der Waals surface area (Å²) in [5, 5.41) is 10.3. The molecule has 0 saturated carbocycles. The molecule has 1 aliphatic heterocycles. The standard InChI is InChI=1S/C9H10N2O2/c10-11-4-3-6-1-2-7(9(12)13)5-8(6)11/h1-2,5H,3-4,10H2,(H,12,13). The van der Waals surface area contributed by atoms with Crippen molar-refractivity contribution in [1.82, 2.24) is 0 Å². The molecule has 13 heavy (non-hydrogen) atoms. The third-order valence-corrected chi connectivity index (χ3v) is 2.26. The van der Waals surface area contributed by atoms with E-state index in [4.69, 9.17) is 10.9 Å². The van der Waals surface area contributed by atoms with E-state index < -0.39 is 5.97 Å². The first-order valence-corrected chi connectivity index (χ1v) is 4.07. The maximum Gasteiger partial charge on any atom is 0.335 e. The Hall–Kier alpha value is -1.55. The summed E-state index contributed by atoms with van der Waals surface area (Å²) in [5.74, 6) is 4.74. The van der Waals surface area contributed by atoms with Crippen LogP contribution in [0.5, 0.6) is 0 Å². The van der Waals surface area contributed by atoms with E-state index >= 15 is 0 Å². The molecule has 1 heterocycles. The molecular weight excluding hydrogens is 168 g/mol. The van der Waals surface area contributed by atoms with Crippen LogP contribution in [-0.4, -0.2) is 17.6 Å².